The Bertz CT molecular complexity index is 633. The standard InChI is InChI=1S/C12H12N4O2/c1-6-2-7-4-9(17)14-11(7)8(3-6)12-15-10(5-13)18-16-12/h2-3H,4-5,13H2,1H3,(H,14,17). The molecule has 0 spiro atoms. The van der Waals surface area contributed by atoms with Crippen molar-refractivity contribution in [3.8, 4) is 11.4 Å². The van der Waals surface area contributed by atoms with Crippen molar-refractivity contribution in [3.05, 3.63) is 29.2 Å². The molecule has 3 N–H and O–H groups in total. The monoisotopic (exact) mass is 244 g/mol. The summed E-state index contributed by atoms with van der Waals surface area (Å²) in [7, 11) is 0. The molecule has 1 aromatic carbocycles. The van der Waals surface area contributed by atoms with E-state index in [9.17, 15) is 4.79 Å². The highest BCUT2D eigenvalue weighted by Crippen LogP contribution is 2.34. The molecule has 1 aliphatic rings. The predicted octanol–water partition coefficient (Wildman–Crippen LogP) is 0.998. The van der Waals surface area contributed by atoms with Gasteiger partial charge in [-0.15, -0.1) is 0 Å². The summed E-state index contributed by atoms with van der Waals surface area (Å²) in [6.45, 7) is 2.17. The van der Waals surface area contributed by atoms with Crippen LogP contribution in [0.25, 0.3) is 11.4 Å². The second-order valence-corrected chi connectivity index (χ2v) is 4.29. The first-order valence-corrected chi connectivity index (χ1v) is 5.64. The van der Waals surface area contributed by atoms with Crippen molar-refractivity contribution in [2.75, 3.05) is 5.32 Å². The molecule has 0 fully saturated rings. The van der Waals surface area contributed by atoms with E-state index in [-0.39, 0.29) is 12.5 Å². The maximum atomic E-state index is 11.5. The van der Waals surface area contributed by atoms with E-state index >= 15 is 0 Å². The molecule has 1 aromatic heterocycles. The summed E-state index contributed by atoms with van der Waals surface area (Å²) < 4.78 is 5.00. The van der Waals surface area contributed by atoms with E-state index in [1.807, 2.05) is 19.1 Å². The van der Waals surface area contributed by atoms with Crippen LogP contribution in [-0.4, -0.2) is 16.0 Å². The molecular formula is C12H12N4O2. The summed E-state index contributed by atoms with van der Waals surface area (Å²) in [6.07, 6.45) is 0.394. The van der Waals surface area contributed by atoms with Gasteiger partial charge in [0.2, 0.25) is 17.6 Å². The second kappa shape index (κ2) is 3.92. The largest absolute Gasteiger partial charge is 0.338 e. The molecule has 0 radical (unpaired) electrons. The van der Waals surface area contributed by atoms with Gasteiger partial charge in [0.1, 0.15) is 0 Å². The molecule has 1 aliphatic heterocycles. The van der Waals surface area contributed by atoms with Crippen molar-refractivity contribution in [2.45, 2.75) is 19.9 Å². The van der Waals surface area contributed by atoms with Crippen molar-refractivity contribution in [1.29, 1.82) is 0 Å². The van der Waals surface area contributed by atoms with Gasteiger partial charge in [-0.25, -0.2) is 0 Å². The molecule has 3 rings (SSSR count). The Morgan fingerprint density at radius 2 is 2.33 bits per heavy atom. The summed E-state index contributed by atoms with van der Waals surface area (Å²) in [5.74, 6) is 0.821. The van der Waals surface area contributed by atoms with Gasteiger partial charge in [0, 0.05) is 5.56 Å². The van der Waals surface area contributed by atoms with E-state index < -0.39 is 0 Å². The van der Waals surface area contributed by atoms with Crippen molar-refractivity contribution >= 4 is 11.6 Å². The van der Waals surface area contributed by atoms with Gasteiger partial charge in [-0.3, -0.25) is 4.79 Å². The van der Waals surface area contributed by atoms with Crippen LogP contribution >= 0.6 is 0 Å². The number of benzene rings is 1. The van der Waals surface area contributed by atoms with Gasteiger partial charge in [0.25, 0.3) is 0 Å². The number of rotatable bonds is 2. The summed E-state index contributed by atoms with van der Waals surface area (Å²) in [4.78, 5) is 15.6. The number of hydrogen-bond donors (Lipinski definition) is 2. The third-order valence-corrected chi connectivity index (χ3v) is 2.86. The first-order valence-electron chi connectivity index (χ1n) is 5.64. The van der Waals surface area contributed by atoms with Gasteiger partial charge >= 0.3 is 0 Å². The maximum absolute atomic E-state index is 11.5. The highest BCUT2D eigenvalue weighted by atomic mass is 16.5. The number of nitrogens with one attached hydrogen (secondary N) is 1. The van der Waals surface area contributed by atoms with E-state index in [2.05, 4.69) is 15.5 Å². The Labute approximate surface area is 103 Å². The normalized spacial score (nSPS) is 13.6. The van der Waals surface area contributed by atoms with E-state index in [1.54, 1.807) is 0 Å². The number of nitrogens with zero attached hydrogens (tertiary/aromatic N) is 2. The number of aryl methyl sites for hydroxylation is 1. The fraction of sp³-hybridized carbons (Fsp3) is 0.250. The quantitative estimate of drug-likeness (QED) is 0.821. The minimum absolute atomic E-state index is 0.0145. The van der Waals surface area contributed by atoms with Crippen molar-refractivity contribution in [2.24, 2.45) is 5.73 Å². The lowest BCUT2D eigenvalue weighted by Crippen LogP contribution is -2.04. The molecule has 0 aliphatic carbocycles. The van der Waals surface area contributed by atoms with Crippen molar-refractivity contribution < 1.29 is 9.32 Å². The van der Waals surface area contributed by atoms with Crippen molar-refractivity contribution in [1.82, 2.24) is 10.1 Å². The molecule has 0 bridgehead atoms. The van der Waals surface area contributed by atoms with Gasteiger partial charge in [0.05, 0.1) is 18.7 Å². The highest BCUT2D eigenvalue weighted by Gasteiger charge is 2.23. The molecule has 6 nitrogen and oxygen atoms in total. The summed E-state index contributed by atoms with van der Waals surface area (Å²) in [5.41, 5.74) is 9.01. The van der Waals surface area contributed by atoms with Gasteiger partial charge in [-0.2, -0.15) is 4.98 Å². The molecule has 1 amide bonds. The molecule has 0 unspecified atom stereocenters. The SMILES string of the molecule is Cc1cc2c(c(-c3noc(CN)n3)c1)NC(=O)C2. The Balaban J connectivity index is 2.15. The number of carbonyl (C=O) groups is 1. The van der Waals surface area contributed by atoms with E-state index in [4.69, 9.17) is 10.3 Å². The van der Waals surface area contributed by atoms with Crippen LogP contribution in [0.4, 0.5) is 5.69 Å². The van der Waals surface area contributed by atoms with Crippen LogP contribution in [0, 0.1) is 6.92 Å². The molecular weight excluding hydrogens is 232 g/mol. The lowest BCUT2D eigenvalue weighted by Gasteiger charge is -2.05. The van der Waals surface area contributed by atoms with Crippen LogP contribution in [0.1, 0.15) is 17.0 Å². The number of nitrogens with two attached hydrogens (primary N) is 1. The van der Waals surface area contributed by atoms with Crippen LogP contribution in [0.15, 0.2) is 16.7 Å². The summed E-state index contributed by atoms with van der Waals surface area (Å²) in [5, 5.41) is 6.71. The lowest BCUT2D eigenvalue weighted by molar-refractivity contribution is -0.115. The minimum atomic E-state index is -0.0145. The summed E-state index contributed by atoms with van der Waals surface area (Å²) >= 11 is 0. The van der Waals surface area contributed by atoms with Crippen LogP contribution in [-0.2, 0) is 17.8 Å². The fourth-order valence-corrected chi connectivity index (χ4v) is 2.13. The highest BCUT2D eigenvalue weighted by molar-refractivity contribution is 6.03. The van der Waals surface area contributed by atoms with Crippen LogP contribution < -0.4 is 11.1 Å². The number of aromatic nitrogens is 2. The Morgan fingerprint density at radius 3 is 3.06 bits per heavy atom. The van der Waals surface area contributed by atoms with Gasteiger partial charge in [0.15, 0.2) is 0 Å². The molecule has 0 saturated heterocycles. The molecule has 2 aromatic rings. The van der Waals surface area contributed by atoms with Gasteiger partial charge < -0.3 is 15.6 Å². The van der Waals surface area contributed by atoms with Crippen LogP contribution in [0.2, 0.25) is 0 Å². The van der Waals surface area contributed by atoms with Gasteiger partial charge in [-0.05, 0) is 24.1 Å². The minimum Gasteiger partial charge on any atom is -0.338 e. The first kappa shape index (κ1) is 10.9. The second-order valence-electron chi connectivity index (χ2n) is 4.29. The zero-order valence-corrected chi connectivity index (χ0v) is 9.86. The third kappa shape index (κ3) is 1.67. The van der Waals surface area contributed by atoms with Gasteiger partial charge in [-0.1, -0.05) is 11.2 Å². The Kier molecular flexibility index (Phi) is 2.38. The number of fused-ring (bicyclic) bond motifs is 1. The van der Waals surface area contributed by atoms with E-state index in [1.165, 1.54) is 0 Å². The summed E-state index contributed by atoms with van der Waals surface area (Å²) in [6, 6.07) is 3.91. The number of carbonyl (C=O) groups excluding carboxylic acids is 1. The number of anilines is 1. The molecule has 0 atom stereocenters. The Morgan fingerprint density at radius 1 is 1.50 bits per heavy atom. The zero-order chi connectivity index (χ0) is 12.7. The van der Waals surface area contributed by atoms with E-state index in [0.29, 0.717) is 18.1 Å². The van der Waals surface area contributed by atoms with Crippen LogP contribution in [0.3, 0.4) is 0 Å². The average molecular weight is 244 g/mol. The first-order chi connectivity index (χ1) is 8.67. The zero-order valence-electron chi connectivity index (χ0n) is 9.86. The van der Waals surface area contributed by atoms with Crippen LogP contribution in [0.5, 0.6) is 0 Å². The molecule has 2 heterocycles. The molecule has 0 saturated carbocycles. The molecule has 92 valence electrons. The number of amides is 1. The fourth-order valence-electron chi connectivity index (χ4n) is 2.13. The lowest BCUT2D eigenvalue weighted by atomic mass is 10.0. The number of hydrogen-bond acceptors (Lipinski definition) is 5. The molecule has 18 heavy (non-hydrogen) atoms. The average Bonchev–Trinajstić information content (AvgIpc) is 2.93. The van der Waals surface area contributed by atoms with Crippen molar-refractivity contribution in [3.63, 3.8) is 0 Å². The smallest absolute Gasteiger partial charge is 0.240 e. The Hall–Kier alpha value is -2.21. The maximum Gasteiger partial charge on any atom is 0.240 e. The molecule has 6 heteroatoms. The van der Waals surface area contributed by atoms with E-state index in [0.717, 1.165) is 22.4 Å². The third-order valence-electron chi connectivity index (χ3n) is 2.86. The topological polar surface area (TPSA) is 94.0 Å². The predicted molar refractivity (Wildman–Crippen MR) is 64.7 cm³/mol.